The van der Waals surface area contributed by atoms with Gasteiger partial charge in [0, 0.05) is 31.0 Å². The molecule has 0 spiro atoms. The monoisotopic (exact) mass is 417 g/mol. The van der Waals surface area contributed by atoms with Crippen LogP contribution in [0.1, 0.15) is 12.5 Å². The van der Waals surface area contributed by atoms with E-state index in [1.807, 2.05) is 0 Å². The predicted molar refractivity (Wildman–Crippen MR) is 112 cm³/mol. The number of ether oxygens (including phenoxy) is 1. The van der Waals surface area contributed by atoms with E-state index in [4.69, 9.17) is 0 Å². The number of anilines is 2. The predicted octanol–water partition coefficient (Wildman–Crippen LogP) is 2.84. The summed E-state index contributed by atoms with van der Waals surface area (Å²) in [4.78, 5) is 25.1. The van der Waals surface area contributed by atoms with Crippen molar-refractivity contribution in [3.05, 3.63) is 60.2 Å². The summed E-state index contributed by atoms with van der Waals surface area (Å²) in [7, 11) is -0.621. The first kappa shape index (κ1) is 22.1. The van der Waals surface area contributed by atoms with Gasteiger partial charge in [-0.25, -0.2) is 17.9 Å². The molecule has 0 aliphatic carbocycles. The first-order chi connectivity index (χ1) is 13.8. The number of rotatable bonds is 7. The number of nitrogens with one attached hydrogen (secondary N) is 2. The molecule has 2 rings (SSSR count). The number of carbonyl (C=O) groups is 2. The van der Waals surface area contributed by atoms with Crippen LogP contribution in [0.25, 0.3) is 6.08 Å². The quantitative estimate of drug-likeness (QED) is 0.674. The Morgan fingerprint density at radius 3 is 2.24 bits per heavy atom. The molecule has 0 unspecified atom stereocenters. The van der Waals surface area contributed by atoms with Crippen molar-refractivity contribution in [3.8, 4) is 0 Å². The minimum absolute atomic E-state index is 0.165. The largest absolute Gasteiger partial charge is 0.452 e. The second kappa shape index (κ2) is 9.85. The molecule has 0 saturated heterocycles. The van der Waals surface area contributed by atoms with Gasteiger partial charge in [-0.15, -0.1) is 0 Å². The first-order valence-electron chi connectivity index (χ1n) is 8.77. The van der Waals surface area contributed by atoms with Crippen LogP contribution in [0.4, 0.5) is 16.2 Å². The van der Waals surface area contributed by atoms with Gasteiger partial charge in [-0.1, -0.05) is 19.1 Å². The lowest BCUT2D eigenvalue weighted by Gasteiger charge is -2.15. The van der Waals surface area contributed by atoms with Crippen LogP contribution in [0.5, 0.6) is 0 Å². The smallest absolute Gasteiger partial charge is 0.413 e. The summed E-state index contributed by atoms with van der Waals surface area (Å²) in [6.07, 6.45) is 2.44. The Hall–Kier alpha value is -3.17. The molecule has 2 amide bonds. The van der Waals surface area contributed by atoms with Crippen LogP contribution in [-0.4, -0.2) is 41.1 Å². The summed E-state index contributed by atoms with van der Waals surface area (Å²) < 4.78 is 30.9. The van der Waals surface area contributed by atoms with Gasteiger partial charge in [0.2, 0.25) is 15.9 Å². The average molecular weight is 417 g/mol. The van der Waals surface area contributed by atoms with Crippen molar-refractivity contribution in [1.82, 2.24) is 4.72 Å². The fraction of sp³-hybridized carbons (Fsp3) is 0.200. The summed E-state index contributed by atoms with van der Waals surface area (Å²) in [5.41, 5.74) is 1.87. The lowest BCUT2D eigenvalue weighted by Crippen LogP contribution is -2.25. The SMILES string of the molecule is CCNS(=O)(=O)c1ccc(C=CC(=O)Nc2ccc(N(C)C(=O)OC)cc2)cc1. The van der Waals surface area contributed by atoms with Crippen LogP contribution in [-0.2, 0) is 19.6 Å². The van der Waals surface area contributed by atoms with Gasteiger partial charge in [-0.2, -0.15) is 0 Å². The normalized spacial score (nSPS) is 11.3. The summed E-state index contributed by atoms with van der Waals surface area (Å²) in [5, 5.41) is 2.71. The molecule has 9 heteroatoms. The highest BCUT2D eigenvalue weighted by Gasteiger charge is 2.12. The van der Waals surface area contributed by atoms with Gasteiger partial charge >= 0.3 is 6.09 Å². The second-order valence-corrected chi connectivity index (χ2v) is 7.74. The number of methoxy groups -OCH3 is 1. The van der Waals surface area contributed by atoms with E-state index in [0.29, 0.717) is 23.5 Å². The lowest BCUT2D eigenvalue weighted by atomic mass is 10.2. The molecule has 0 aliphatic heterocycles. The van der Waals surface area contributed by atoms with Crippen molar-refractivity contribution in [2.75, 3.05) is 30.9 Å². The number of amides is 2. The summed E-state index contributed by atoms with van der Waals surface area (Å²) in [6.45, 7) is 2.02. The molecule has 2 aromatic carbocycles. The van der Waals surface area contributed by atoms with Gasteiger partial charge in [-0.05, 0) is 48.0 Å². The van der Waals surface area contributed by atoms with E-state index < -0.39 is 16.1 Å². The van der Waals surface area contributed by atoms with Gasteiger partial charge < -0.3 is 10.1 Å². The van der Waals surface area contributed by atoms with Crippen molar-refractivity contribution in [1.29, 1.82) is 0 Å². The van der Waals surface area contributed by atoms with Gasteiger partial charge in [-0.3, -0.25) is 9.69 Å². The number of benzene rings is 2. The molecule has 0 aromatic heterocycles. The van der Waals surface area contributed by atoms with Crippen molar-refractivity contribution < 1.29 is 22.7 Å². The lowest BCUT2D eigenvalue weighted by molar-refractivity contribution is -0.111. The Morgan fingerprint density at radius 2 is 1.69 bits per heavy atom. The maximum absolute atomic E-state index is 12.1. The number of hydrogen-bond acceptors (Lipinski definition) is 5. The Kier molecular flexibility index (Phi) is 7.52. The summed E-state index contributed by atoms with van der Waals surface area (Å²) >= 11 is 0. The third kappa shape index (κ3) is 6.16. The van der Waals surface area contributed by atoms with E-state index in [-0.39, 0.29) is 10.8 Å². The van der Waals surface area contributed by atoms with Crippen molar-refractivity contribution in [3.63, 3.8) is 0 Å². The topological polar surface area (TPSA) is 105 Å². The van der Waals surface area contributed by atoms with Crippen LogP contribution in [0, 0.1) is 0 Å². The molecule has 0 aliphatic rings. The highest BCUT2D eigenvalue weighted by molar-refractivity contribution is 7.89. The van der Waals surface area contributed by atoms with Crippen molar-refractivity contribution >= 4 is 39.5 Å². The van der Waals surface area contributed by atoms with Gasteiger partial charge in [0.1, 0.15) is 0 Å². The summed E-state index contributed by atoms with van der Waals surface area (Å²) in [6, 6.07) is 12.9. The number of carbonyl (C=O) groups excluding carboxylic acids is 2. The minimum Gasteiger partial charge on any atom is -0.452 e. The Balaban J connectivity index is 1.98. The zero-order valence-electron chi connectivity index (χ0n) is 16.4. The van der Waals surface area contributed by atoms with Crippen molar-refractivity contribution in [2.24, 2.45) is 0 Å². The van der Waals surface area contributed by atoms with E-state index in [9.17, 15) is 18.0 Å². The zero-order valence-corrected chi connectivity index (χ0v) is 17.2. The van der Waals surface area contributed by atoms with Crippen LogP contribution in [0.2, 0.25) is 0 Å². The number of hydrogen-bond donors (Lipinski definition) is 2. The van der Waals surface area contributed by atoms with E-state index in [1.165, 1.54) is 30.2 Å². The Bertz CT molecular complexity index is 984. The molecule has 8 nitrogen and oxygen atoms in total. The number of nitrogens with zero attached hydrogens (tertiary/aromatic N) is 1. The van der Waals surface area contributed by atoms with Crippen LogP contribution >= 0.6 is 0 Å². The molecule has 0 bridgehead atoms. The highest BCUT2D eigenvalue weighted by atomic mass is 32.2. The zero-order chi connectivity index (χ0) is 21.4. The molecule has 0 heterocycles. The third-order valence-corrected chi connectivity index (χ3v) is 5.48. The first-order valence-corrected chi connectivity index (χ1v) is 10.3. The maximum Gasteiger partial charge on any atom is 0.413 e. The Morgan fingerprint density at radius 1 is 1.07 bits per heavy atom. The van der Waals surface area contributed by atoms with Crippen LogP contribution in [0.3, 0.4) is 0 Å². The van der Waals surface area contributed by atoms with E-state index in [1.54, 1.807) is 56.4 Å². The highest BCUT2D eigenvalue weighted by Crippen LogP contribution is 2.18. The average Bonchev–Trinajstić information content (AvgIpc) is 2.72. The fourth-order valence-electron chi connectivity index (χ4n) is 2.40. The Labute approximate surface area is 170 Å². The molecule has 0 saturated carbocycles. The van der Waals surface area contributed by atoms with Gasteiger partial charge in [0.15, 0.2) is 0 Å². The standard InChI is InChI=1S/C20H23N3O5S/c1-4-21-29(26,27)18-12-5-15(6-13-18)7-14-19(24)22-16-8-10-17(11-9-16)23(2)20(25)28-3/h5-14,21H,4H2,1-3H3,(H,22,24). The molecular weight excluding hydrogens is 394 g/mol. The number of sulfonamides is 1. The van der Waals surface area contributed by atoms with E-state index >= 15 is 0 Å². The minimum atomic E-state index is -3.50. The third-order valence-electron chi connectivity index (χ3n) is 3.92. The second-order valence-electron chi connectivity index (χ2n) is 5.97. The molecule has 29 heavy (non-hydrogen) atoms. The van der Waals surface area contributed by atoms with Gasteiger partial charge in [0.05, 0.1) is 12.0 Å². The van der Waals surface area contributed by atoms with E-state index in [2.05, 4.69) is 14.8 Å². The molecule has 154 valence electrons. The molecule has 0 radical (unpaired) electrons. The molecule has 0 atom stereocenters. The van der Waals surface area contributed by atoms with Crippen LogP contribution in [0.15, 0.2) is 59.5 Å². The molecule has 2 aromatic rings. The molecule has 0 fully saturated rings. The van der Waals surface area contributed by atoms with Crippen LogP contribution < -0.4 is 14.9 Å². The van der Waals surface area contributed by atoms with Crippen molar-refractivity contribution in [2.45, 2.75) is 11.8 Å². The molecular formula is C20H23N3O5S. The fourth-order valence-corrected chi connectivity index (χ4v) is 3.44. The summed E-state index contributed by atoms with van der Waals surface area (Å²) in [5.74, 6) is -0.344. The van der Waals surface area contributed by atoms with Gasteiger partial charge in [0.25, 0.3) is 0 Å². The van der Waals surface area contributed by atoms with E-state index in [0.717, 1.165) is 0 Å². The molecule has 2 N–H and O–H groups in total. The maximum atomic E-state index is 12.1.